The van der Waals surface area contributed by atoms with Gasteiger partial charge in [-0.1, -0.05) is 18.2 Å². The van der Waals surface area contributed by atoms with E-state index in [1.807, 2.05) is 0 Å². The number of hydrogen-bond acceptors (Lipinski definition) is 3. The lowest BCUT2D eigenvalue weighted by atomic mass is 10.1. The van der Waals surface area contributed by atoms with Crippen LogP contribution in [-0.4, -0.2) is 14.5 Å². The molecule has 1 aromatic carbocycles. The Morgan fingerprint density at radius 2 is 2.00 bits per heavy atom. The van der Waals surface area contributed by atoms with Crippen molar-refractivity contribution in [1.82, 2.24) is 14.5 Å². The maximum absolute atomic E-state index is 4.56. The van der Waals surface area contributed by atoms with Crippen LogP contribution in [-0.2, 0) is 7.05 Å². The van der Waals surface area contributed by atoms with Crippen molar-refractivity contribution in [3.05, 3.63) is 47.7 Å². The largest absolute Gasteiger partial charge is 0.350 e. The number of nitrogens with zero attached hydrogens (tertiary/aromatic N) is 3. The molecule has 0 unspecified atom stereocenters. The summed E-state index contributed by atoms with van der Waals surface area (Å²) in [4.78, 5) is 9.99. The molecule has 4 aromatic rings. The van der Waals surface area contributed by atoms with Gasteiger partial charge in [0.05, 0.1) is 5.69 Å². The highest BCUT2D eigenvalue weighted by Gasteiger charge is 2.15. The van der Waals surface area contributed by atoms with Crippen LogP contribution in [0.4, 0.5) is 0 Å². The summed E-state index contributed by atoms with van der Waals surface area (Å²) in [7, 11) is 2.07. The van der Waals surface area contributed by atoms with Gasteiger partial charge in [-0.05, 0) is 23.9 Å². The fourth-order valence-corrected chi connectivity index (χ4v) is 3.64. The van der Waals surface area contributed by atoms with Crippen LogP contribution in [0.3, 0.4) is 0 Å². The fourth-order valence-electron chi connectivity index (χ4n) is 2.75. The zero-order chi connectivity index (χ0) is 13.7. The van der Waals surface area contributed by atoms with Crippen LogP contribution in [0.15, 0.2) is 42.2 Å². The normalized spacial score (nSPS) is 11.5. The standard InChI is InChI=1S/C16H13N3S/c1-10-8-20-16-14(10)15(17-9-18-16)12-7-19(2)13-6-4-3-5-11(12)13/h3-9H,1-2H3. The molecule has 4 heteroatoms. The molecule has 0 saturated heterocycles. The summed E-state index contributed by atoms with van der Waals surface area (Å²) in [5.74, 6) is 0. The monoisotopic (exact) mass is 279 g/mol. The van der Waals surface area contributed by atoms with Crippen molar-refractivity contribution < 1.29 is 0 Å². The van der Waals surface area contributed by atoms with E-state index >= 15 is 0 Å². The van der Waals surface area contributed by atoms with E-state index < -0.39 is 0 Å². The predicted octanol–water partition coefficient (Wildman–Crippen LogP) is 4.16. The van der Waals surface area contributed by atoms with Crippen molar-refractivity contribution in [2.24, 2.45) is 7.05 Å². The quantitative estimate of drug-likeness (QED) is 0.524. The summed E-state index contributed by atoms with van der Waals surface area (Å²) in [5.41, 5.74) is 4.68. The Kier molecular flexibility index (Phi) is 2.41. The highest BCUT2D eigenvalue weighted by atomic mass is 32.1. The van der Waals surface area contributed by atoms with Crippen LogP contribution < -0.4 is 0 Å². The van der Waals surface area contributed by atoms with Gasteiger partial charge in [-0.2, -0.15) is 0 Å². The van der Waals surface area contributed by atoms with E-state index in [2.05, 4.69) is 64.3 Å². The smallest absolute Gasteiger partial charge is 0.127 e. The molecule has 0 aliphatic heterocycles. The molecule has 0 amide bonds. The second-order valence-corrected chi connectivity index (χ2v) is 5.85. The maximum Gasteiger partial charge on any atom is 0.127 e. The number of hydrogen-bond donors (Lipinski definition) is 0. The van der Waals surface area contributed by atoms with Crippen molar-refractivity contribution >= 4 is 32.5 Å². The molecular weight excluding hydrogens is 266 g/mol. The molecule has 0 fully saturated rings. The van der Waals surface area contributed by atoms with Crippen LogP contribution in [0, 0.1) is 6.92 Å². The summed E-state index contributed by atoms with van der Waals surface area (Å²) in [6.07, 6.45) is 3.82. The summed E-state index contributed by atoms with van der Waals surface area (Å²) in [5, 5.41) is 4.56. The molecule has 0 atom stereocenters. The Morgan fingerprint density at radius 3 is 2.90 bits per heavy atom. The van der Waals surface area contributed by atoms with Crippen LogP contribution >= 0.6 is 11.3 Å². The molecule has 0 N–H and O–H groups in total. The Labute approximate surface area is 120 Å². The number of para-hydroxylation sites is 1. The summed E-state index contributed by atoms with van der Waals surface area (Å²) in [6.45, 7) is 2.12. The first-order valence-electron chi connectivity index (χ1n) is 6.49. The molecule has 0 aliphatic carbocycles. The molecule has 3 aromatic heterocycles. The summed E-state index contributed by atoms with van der Waals surface area (Å²) < 4.78 is 2.15. The van der Waals surface area contributed by atoms with E-state index in [0.717, 1.165) is 10.5 Å². The first-order valence-corrected chi connectivity index (χ1v) is 7.37. The van der Waals surface area contributed by atoms with Crippen LogP contribution in [0.2, 0.25) is 0 Å². The van der Waals surface area contributed by atoms with Gasteiger partial charge in [0, 0.05) is 35.1 Å². The predicted molar refractivity (Wildman–Crippen MR) is 84.1 cm³/mol. The van der Waals surface area contributed by atoms with E-state index in [-0.39, 0.29) is 0 Å². The fraction of sp³-hybridized carbons (Fsp3) is 0.125. The van der Waals surface area contributed by atoms with E-state index in [1.54, 1.807) is 17.7 Å². The molecule has 0 bridgehead atoms. The van der Waals surface area contributed by atoms with Crippen molar-refractivity contribution in [3.8, 4) is 11.3 Å². The third-order valence-electron chi connectivity index (χ3n) is 3.71. The summed E-state index contributed by atoms with van der Waals surface area (Å²) >= 11 is 1.68. The zero-order valence-electron chi connectivity index (χ0n) is 11.3. The van der Waals surface area contributed by atoms with Crippen molar-refractivity contribution in [2.75, 3.05) is 0 Å². The molecule has 0 radical (unpaired) electrons. The molecule has 20 heavy (non-hydrogen) atoms. The van der Waals surface area contributed by atoms with Gasteiger partial charge in [0.25, 0.3) is 0 Å². The lowest BCUT2D eigenvalue weighted by molar-refractivity contribution is 0.969. The van der Waals surface area contributed by atoms with Gasteiger partial charge in [-0.25, -0.2) is 9.97 Å². The first-order chi connectivity index (χ1) is 9.75. The molecule has 4 rings (SSSR count). The number of thiophene rings is 1. The highest BCUT2D eigenvalue weighted by molar-refractivity contribution is 7.17. The molecule has 0 aliphatic rings. The summed E-state index contributed by atoms with van der Waals surface area (Å²) in [6, 6.07) is 8.43. The maximum atomic E-state index is 4.56. The molecule has 98 valence electrons. The SMILES string of the molecule is Cc1csc2ncnc(-c3cn(C)c4ccccc34)c12. The zero-order valence-corrected chi connectivity index (χ0v) is 12.1. The molecule has 3 nitrogen and oxygen atoms in total. The van der Waals surface area contributed by atoms with Gasteiger partial charge in [-0.15, -0.1) is 11.3 Å². The lowest BCUT2D eigenvalue weighted by Gasteiger charge is -2.01. The van der Waals surface area contributed by atoms with Crippen LogP contribution in [0.1, 0.15) is 5.56 Å². The van der Waals surface area contributed by atoms with E-state index in [1.165, 1.54) is 27.4 Å². The number of fused-ring (bicyclic) bond motifs is 2. The lowest BCUT2D eigenvalue weighted by Crippen LogP contribution is -1.87. The van der Waals surface area contributed by atoms with Gasteiger partial charge in [0.2, 0.25) is 0 Å². The Bertz CT molecular complexity index is 933. The second-order valence-electron chi connectivity index (χ2n) is 4.99. The molecule has 3 heterocycles. The van der Waals surface area contributed by atoms with Crippen LogP contribution in [0.5, 0.6) is 0 Å². The number of rotatable bonds is 1. The minimum atomic E-state index is 1.03. The van der Waals surface area contributed by atoms with Crippen molar-refractivity contribution in [3.63, 3.8) is 0 Å². The molecule has 0 spiro atoms. The van der Waals surface area contributed by atoms with E-state index in [0.29, 0.717) is 0 Å². The Morgan fingerprint density at radius 1 is 1.15 bits per heavy atom. The van der Waals surface area contributed by atoms with E-state index in [9.17, 15) is 0 Å². The Balaban J connectivity index is 2.14. The van der Waals surface area contributed by atoms with Crippen LogP contribution in [0.25, 0.3) is 32.4 Å². The topological polar surface area (TPSA) is 30.7 Å². The van der Waals surface area contributed by atoms with Gasteiger partial charge >= 0.3 is 0 Å². The average molecular weight is 279 g/mol. The van der Waals surface area contributed by atoms with Gasteiger partial charge in [0.15, 0.2) is 0 Å². The third-order valence-corrected chi connectivity index (χ3v) is 4.71. The first kappa shape index (κ1) is 11.6. The number of aromatic nitrogens is 3. The van der Waals surface area contributed by atoms with E-state index in [4.69, 9.17) is 0 Å². The minimum Gasteiger partial charge on any atom is -0.350 e. The van der Waals surface area contributed by atoms with Crippen molar-refractivity contribution in [2.45, 2.75) is 6.92 Å². The van der Waals surface area contributed by atoms with Gasteiger partial charge in [-0.3, -0.25) is 0 Å². The minimum absolute atomic E-state index is 1.03. The average Bonchev–Trinajstić information content (AvgIpc) is 3.01. The van der Waals surface area contributed by atoms with Gasteiger partial charge < -0.3 is 4.57 Å². The van der Waals surface area contributed by atoms with Gasteiger partial charge in [0.1, 0.15) is 11.2 Å². The third kappa shape index (κ3) is 1.51. The second kappa shape index (κ2) is 4.15. The molecular formula is C16H13N3S. The Hall–Kier alpha value is -2.20. The highest BCUT2D eigenvalue weighted by Crippen LogP contribution is 2.35. The van der Waals surface area contributed by atoms with Crippen molar-refractivity contribution in [1.29, 1.82) is 0 Å². The number of benzene rings is 1. The number of aryl methyl sites for hydroxylation is 2. The molecule has 0 saturated carbocycles.